The van der Waals surface area contributed by atoms with Gasteiger partial charge in [0, 0.05) is 24.8 Å². The molecule has 0 bridgehead atoms. The van der Waals surface area contributed by atoms with Crippen LogP contribution in [-0.2, 0) is 23.6 Å². The van der Waals surface area contributed by atoms with Crippen molar-refractivity contribution in [2.24, 2.45) is 7.05 Å². The molecule has 0 aliphatic rings. The molecule has 2 aromatic heterocycles. The Kier molecular flexibility index (Phi) is 3.50. The van der Waals surface area contributed by atoms with Gasteiger partial charge in [0.2, 0.25) is 5.03 Å². The Morgan fingerprint density at radius 1 is 1.56 bits per heavy atom. The Hall–Kier alpha value is -1.26. The number of nitrogens with zero attached hydrogens (tertiary/aromatic N) is 4. The van der Waals surface area contributed by atoms with Gasteiger partial charge in [-0.3, -0.25) is 5.10 Å². The molecule has 10 heteroatoms. The zero-order chi connectivity index (χ0) is 13.3. The number of aromatic amines is 1. The Bertz CT molecular complexity index is 641. The van der Waals surface area contributed by atoms with Gasteiger partial charge in [0.05, 0.1) is 6.20 Å². The third-order valence-corrected chi connectivity index (χ3v) is 4.67. The maximum absolute atomic E-state index is 12.1. The van der Waals surface area contributed by atoms with Gasteiger partial charge in [-0.15, -0.1) is 5.10 Å². The van der Waals surface area contributed by atoms with Crippen molar-refractivity contribution in [1.29, 1.82) is 0 Å². The zero-order valence-corrected chi connectivity index (χ0v) is 12.1. The smallest absolute Gasteiger partial charge is 0.260 e. The highest BCUT2D eigenvalue weighted by Gasteiger charge is 2.23. The molecule has 0 atom stereocenters. The molecule has 0 aromatic carbocycles. The van der Waals surface area contributed by atoms with Gasteiger partial charge in [0.15, 0.2) is 4.60 Å². The lowest BCUT2D eigenvalue weighted by atomic mass is 10.3. The van der Waals surface area contributed by atoms with Gasteiger partial charge in [0.25, 0.3) is 10.0 Å². The molecule has 0 radical (unpaired) electrons. The average molecular weight is 335 g/mol. The maximum Gasteiger partial charge on any atom is 0.260 e. The minimum atomic E-state index is -3.67. The first-order chi connectivity index (χ1) is 8.42. The fourth-order valence-corrected chi connectivity index (χ4v) is 3.50. The first-order valence-electron chi connectivity index (χ1n) is 4.95. The standard InChI is InChI=1S/C8H11BrN6O2S/c1-5-6(3-10-12-5)4-11-18(16,17)8-7(9)13-14-15(8)2/h3,11H,4H2,1-2H3,(H,10,12). The van der Waals surface area contributed by atoms with Crippen molar-refractivity contribution in [2.75, 3.05) is 0 Å². The van der Waals surface area contributed by atoms with Crippen molar-refractivity contribution in [3.05, 3.63) is 22.1 Å². The largest absolute Gasteiger partial charge is 0.283 e. The summed E-state index contributed by atoms with van der Waals surface area (Å²) >= 11 is 3.05. The molecule has 2 N–H and O–H groups in total. The number of aromatic nitrogens is 5. The molecule has 0 aliphatic heterocycles. The lowest BCUT2D eigenvalue weighted by Gasteiger charge is -2.05. The second-order valence-electron chi connectivity index (χ2n) is 3.65. The van der Waals surface area contributed by atoms with E-state index >= 15 is 0 Å². The molecule has 0 amide bonds. The lowest BCUT2D eigenvalue weighted by Crippen LogP contribution is -2.25. The minimum absolute atomic E-state index is 0.0105. The summed E-state index contributed by atoms with van der Waals surface area (Å²) in [5.41, 5.74) is 1.60. The molecule has 0 fully saturated rings. The van der Waals surface area contributed by atoms with Gasteiger partial charge in [-0.05, 0) is 22.9 Å². The summed E-state index contributed by atoms with van der Waals surface area (Å²) in [6, 6.07) is 0. The van der Waals surface area contributed by atoms with E-state index in [0.717, 1.165) is 11.3 Å². The molecular weight excluding hydrogens is 324 g/mol. The molecular formula is C8H11BrN6O2S. The molecule has 2 heterocycles. The van der Waals surface area contributed by atoms with Gasteiger partial charge in [-0.2, -0.15) is 5.10 Å². The van der Waals surface area contributed by atoms with Crippen LogP contribution in [0.15, 0.2) is 15.8 Å². The number of sulfonamides is 1. The van der Waals surface area contributed by atoms with Crippen LogP contribution in [0.4, 0.5) is 0 Å². The summed E-state index contributed by atoms with van der Waals surface area (Å²) in [6.07, 6.45) is 1.58. The van der Waals surface area contributed by atoms with Gasteiger partial charge >= 0.3 is 0 Å². The van der Waals surface area contributed by atoms with Crippen molar-refractivity contribution < 1.29 is 8.42 Å². The third-order valence-electron chi connectivity index (χ3n) is 2.38. The normalized spacial score (nSPS) is 11.9. The van der Waals surface area contributed by atoms with Gasteiger partial charge < -0.3 is 0 Å². The minimum Gasteiger partial charge on any atom is -0.283 e. The van der Waals surface area contributed by atoms with E-state index in [-0.39, 0.29) is 16.2 Å². The van der Waals surface area contributed by atoms with Crippen molar-refractivity contribution in [3.8, 4) is 0 Å². The monoisotopic (exact) mass is 334 g/mol. The van der Waals surface area contributed by atoms with E-state index in [1.807, 2.05) is 6.92 Å². The molecule has 0 saturated heterocycles. The lowest BCUT2D eigenvalue weighted by molar-refractivity contribution is 0.560. The maximum atomic E-state index is 12.1. The number of hydrogen-bond acceptors (Lipinski definition) is 5. The topological polar surface area (TPSA) is 106 Å². The molecule has 0 unspecified atom stereocenters. The van der Waals surface area contributed by atoms with Crippen LogP contribution < -0.4 is 4.72 Å². The fraction of sp³-hybridized carbons (Fsp3) is 0.375. The summed E-state index contributed by atoms with van der Waals surface area (Å²) in [6.45, 7) is 1.97. The highest BCUT2D eigenvalue weighted by Crippen LogP contribution is 2.17. The van der Waals surface area contributed by atoms with E-state index in [4.69, 9.17) is 0 Å². The SMILES string of the molecule is Cc1[nH]ncc1CNS(=O)(=O)c1c(Br)nnn1C. The second kappa shape index (κ2) is 4.78. The van der Waals surface area contributed by atoms with E-state index in [0.29, 0.717) is 0 Å². The van der Waals surface area contributed by atoms with Gasteiger partial charge in [-0.1, -0.05) is 5.21 Å². The Morgan fingerprint density at radius 3 is 2.78 bits per heavy atom. The number of halogens is 1. The first-order valence-corrected chi connectivity index (χ1v) is 7.23. The first kappa shape index (κ1) is 13.2. The highest BCUT2D eigenvalue weighted by atomic mass is 79.9. The Balaban J connectivity index is 2.21. The quantitative estimate of drug-likeness (QED) is 0.824. The molecule has 98 valence electrons. The van der Waals surface area contributed by atoms with Crippen LogP contribution in [0.25, 0.3) is 0 Å². The van der Waals surface area contributed by atoms with Crippen molar-refractivity contribution in [3.63, 3.8) is 0 Å². The van der Waals surface area contributed by atoms with Crippen molar-refractivity contribution in [2.45, 2.75) is 18.5 Å². The van der Waals surface area contributed by atoms with Crippen LogP contribution >= 0.6 is 15.9 Å². The number of aryl methyl sites for hydroxylation is 2. The summed E-state index contributed by atoms with van der Waals surface area (Å²) in [7, 11) is -2.16. The van der Waals surface area contributed by atoms with E-state index in [2.05, 4.69) is 41.2 Å². The third kappa shape index (κ3) is 2.44. The van der Waals surface area contributed by atoms with E-state index < -0.39 is 10.0 Å². The summed E-state index contributed by atoms with van der Waals surface area (Å²) in [5.74, 6) is 0. The van der Waals surface area contributed by atoms with Crippen LogP contribution in [0.1, 0.15) is 11.3 Å². The summed E-state index contributed by atoms with van der Waals surface area (Å²) < 4.78 is 28.0. The van der Waals surface area contributed by atoms with Crippen LogP contribution in [-0.4, -0.2) is 33.6 Å². The van der Waals surface area contributed by atoms with Crippen LogP contribution in [0.5, 0.6) is 0 Å². The molecule has 0 aliphatic carbocycles. The van der Waals surface area contributed by atoms with Crippen molar-refractivity contribution >= 4 is 26.0 Å². The van der Waals surface area contributed by atoms with Gasteiger partial charge in [0.1, 0.15) is 0 Å². The van der Waals surface area contributed by atoms with Crippen molar-refractivity contribution in [1.82, 2.24) is 29.9 Å². The fourth-order valence-electron chi connectivity index (χ4n) is 1.40. The van der Waals surface area contributed by atoms with Crippen LogP contribution in [0, 0.1) is 6.92 Å². The Labute approximate surface area is 112 Å². The van der Waals surface area contributed by atoms with Gasteiger partial charge in [-0.25, -0.2) is 17.8 Å². The number of nitrogens with one attached hydrogen (secondary N) is 2. The average Bonchev–Trinajstić information content (AvgIpc) is 2.83. The Morgan fingerprint density at radius 2 is 2.28 bits per heavy atom. The highest BCUT2D eigenvalue weighted by molar-refractivity contribution is 9.10. The number of rotatable bonds is 4. The van der Waals surface area contributed by atoms with Crippen LogP contribution in [0.2, 0.25) is 0 Å². The van der Waals surface area contributed by atoms with E-state index in [1.54, 1.807) is 6.20 Å². The van der Waals surface area contributed by atoms with E-state index in [9.17, 15) is 8.42 Å². The predicted molar refractivity (Wildman–Crippen MR) is 66.1 cm³/mol. The van der Waals surface area contributed by atoms with E-state index in [1.165, 1.54) is 11.7 Å². The molecule has 0 spiro atoms. The van der Waals surface area contributed by atoms with Crippen LogP contribution in [0.3, 0.4) is 0 Å². The molecule has 18 heavy (non-hydrogen) atoms. The number of hydrogen-bond donors (Lipinski definition) is 2. The second-order valence-corrected chi connectivity index (χ2v) is 6.09. The molecule has 2 rings (SSSR count). The summed E-state index contributed by atoms with van der Waals surface area (Å²) in [4.78, 5) is 0. The summed E-state index contributed by atoms with van der Waals surface area (Å²) in [5, 5.41) is 13.8. The predicted octanol–water partition coefficient (Wildman–Crippen LogP) is 0.0876. The number of H-pyrrole nitrogens is 1. The molecule has 2 aromatic rings. The molecule has 0 saturated carbocycles. The molecule has 8 nitrogen and oxygen atoms in total. The zero-order valence-electron chi connectivity index (χ0n) is 9.68.